The minimum Gasteiger partial charge on any atom is -0.369 e. The Morgan fingerprint density at radius 1 is 1.67 bits per heavy atom. The van der Waals surface area contributed by atoms with Gasteiger partial charge in [0.1, 0.15) is 0 Å². The second-order valence-electron chi connectivity index (χ2n) is 2.39. The van der Waals surface area contributed by atoms with Crippen LogP contribution in [0.5, 0.6) is 0 Å². The molecule has 0 radical (unpaired) electrons. The fourth-order valence-electron chi connectivity index (χ4n) is 1.08. The molecule has 0 saturated carbocycles. The summed E-state index contributed by atoms with van der Waals surface area (Å²) in [6, 6.07) is 0. The van der Waals surface area contributed by atoms with Crippen LogP contribution in [0.3, 0.4) is 0 Å². The fourth-order valence-corrected chi connectivity index (χ4v) is 1.08. The van der Waals surface area contributed by atoms with E-state index in [9.17, 15) is 4.79 Å². The van der Waals surface area contributed by atoms with E-state index < -0.39 is 0 Å². The van der Waals surface area contributed by atoms with Crippen LogP contribution in [0.2, 0.25) is 1.41 Å². The Balaban J connectivity index is 2.31. The molecule has 3 N–H and O–H groups in total. The molecule has 0 bridgehead atoms. The minimum atomic E-state index is -0.137. The monoisotopic (exact) mass is 130 g/mol. The van der Waals surface area contributed by atoms with Gasteiger partial charge in [-0.15, -0.1) is 0 Å². The van der Waals surface area contributed by atoms with Gasteiger partial charge in [0.05, 0.1) is 0 Å². The van der Waals surface area contributed by atoms with Crippen LogP contribution in [-0.4, -0.2) is 19.0 Å². The van der Waals surface area contributed by atoms with Gasteiger partial charge >= 0.3 is 0 Å². The predicted molar refractivity (Wildman–Crippen MR) is 34.8 cm³/mol. The molecule has 0 unspecified atom stereocenters. The molecular formula is C6H12N2O. The zero-order valence-corrected chi connectivity index (χ0v) is 5.31. The van der Waals surface area contributed by atoms with Crippen LogP contribution in [-0.2, 0) is 4.79 Å². The molecule has 0 aromatic heterocycles. The number of hydrogen-bond acceptors (Lipinski definition) is 2. The number of amides is 1. The van der Waals surface area contributed by atoms with Gasteiger partial charge in [0.15, 0.2) is 1.41 Å². The number of nitrogens with one attached hydrogen (secondary N) is 1. The van der Waals surface area contributed by atoms with Gasteiger partial charge in [0, 0.05) is 5.92 Å². The van der Waals surface area contributed by atoms with Crippen molar-refractivity contribution in [2.75, 3.05) is 13.1 Å². The highest BCUT2D eigenvalue weighted by Gasteiger charge is 2.17. The van der Waals surface area contributed by atoms with Crippen LogP contribution in [0.15, 0.2) is 0 Å². The third kappa shape index (κ3) is 1.68. The average molecular weight is 130 g/mol. The van der Waals surface area contributed by atoms with Gasteiger partial charge in [-0.2, -0.15) is 0 Å². The summed E-state index contributed by atoms with van der Waals surface area (Å²) in [5.74, 6) is -0.0692. The van der Waals surface area contributed by atoms with Crippen molar-refractivity contribution in [1.82, 2.24) is 5.32 Å². The zero-order valence-electron chi connectivity index (χ0n) is 6.31. The van der Waals surface area contributed by atoms with Crippen molar-refractivity contribution in [2.45, 2.75) is 12.8 Å². The maximum absolute atomic E-state index is 10.8. The van der Waals surface area contributed by atoms with Crippen molar-refractivity contribution in [2.24, 2.45) is 11.6 Å². The lowest BCUT2D eigenvalue weighted by Gasteiger charge is -2.18. The lowest BCUT2D eigenvalue weighted by atomic mass is 9.98. The van der Waals surface area contributed by atoms with Crippen LogP contribution in [0, 0.1) is 5.92 Å². The highest BCUT2D eigenvalue weighted by atomic mass is 16.1. The topological polar surface area (TPSA) is 55.1 Å². The number of carbonyl (C=O) groups is 1. The van der Waals surface area contributed by atoms with E-state index in [1.54, 1.807) is 0 Å². The largest absolute Gasteiger partial charge is 0.369 e. The molecule has 0 aromatic carbocycles. The molecule has 3 heteroatoms. The van der Waals surface area contributed by atoms with E-state index in [0.29, 0.717) is 0 Å². The van der Waals surface area contributed by atoms with E-state index in [0.717, 1.165) is 25.9 Å². The van der Waals surface area contributed by atoms with Crippen LogP contribution >= 0.6 is 0 Å². The maximum atomic E-state index is 10.8. The SMILES string of the molecule is [3H]NC(=O)C1CCNCC1. The minimum absolute atomic E-state index is 0.0683. The summed E-state index contributed by atoms with van der Waals surface area (Å²) in [4.78, 5) is 10.8. The Bertz CT molecular complexity index is 123. The van der Waals surface area contributed by atoms with Crippen molar-refractivity contribution in [3.05, 3.63) is 0 Å². The predicted octanol–water partition coefficient (Wildman–Crippen LogP) is -0.529. The number of rotatable bonds is 1. The number of hydrogen-bond donors (Lipinski definition) is 2. The molecule has 3 nitrogen and oxygen atoms in total. The van der Waals surface area contributed by atoms with E-state index in [1.165, 1.54) is 0 Å². The number of nitrogens with two attached hydrogens (primary N) is 1. The Labute approximate surface area is 56.1 Å². The summed E-state index contributed by atoms with van der Waals surface area (Å²) < 4.78 is 6.63. The number of primary amides is 1. The smallest absolute Gasteiger partial charge is 0.220 e. The second kappa shape index (κ2) is 2.82. The van der Waals surface area contributed by atoms with Gasteiger partial charge in [-0.1, -0.05) is 0 Å². The van der Waals surface area contributed by atoms with Gasteiger partial charge in [0.2, 0.25) is 5.91 Å². The van der Waals surface area contributed by atoms with E-state index in [4.69, 9.17) is 1.41 Å². The fraction of sp³-hybridized carbons (Fsp3) is 0.833. The van der Waals surface area contributed by atoms with Gasteiger partial charge in [-0.3, -0.25) is 4.79 Å². The Kier molecular flexibility index (Phi) is 1.64. The molecule has 1 heterocycles. The quantitative estimate of drug-likeness (QED) is 0.501. The molecule has 1 amide bonds. The van der Waals surface area contributed by atoms with Crippen molar-refractivity contribution in [1.29, 1.82) is 0 Å². The van der Waals surface area contributed by atoms with E-state index in [-0.39, 0.29) is 11.8 Å². The van der Waals surface area contributed by atoms with E-state index >= 15 is 0 Å². The molecule has 1 aliphatic rings. The molecule has 1 rings (SSSR count). The van der Waals surface area contributed by atoms with Gasteiger partial charge in [-0.25, -0.2) is 0 Å². The van der Waals surface area contributed by atoms with Crippen LogP contribution in [0.1, 0.15) is 12.8 Å². The summed E-state index contributed by atoms with van der Waals surface area (Å²) in [5, 5.41) is 3.15. The molecule has 1 saturated heterocycles. The van der Waals surface area contributed by atoms with Crippen LogP contribution in [0.4, 0.5) is 0 Å². The maximum Gasteiger partial charge on any atom is 0.220 e. The molecular weight excluding hydrogens is 116 g/mol. The molecule has 0 aliphatic carbocycles. The molecule has 0 aromatic rings. The standard InChI is InChI=1S/C6H12N2O/c7-6(9)5-1-3-8-4-2-5/h5,8H,1-4H2,(H2,7,9)/i/hT. The highest BCUT2D eigenvalue weighted by Crippen LogP contribution is 2.09. The van der Waals surface area contributed by atoms with Gasteiger partial charge in [-0.05, 0) is 25.9 Å². The van der Waals surface area contributed by atoms with Crippen molar-refractivity contribution in [3.63, 3.8) is 0 Å². The number of piperidine rings is 1. The first-order valence-corrected chi connectivity index (χ1v) is 3.27. The summed E-state index contributed by atoms with van der Waals surface area (Å²) in [7, 11) is 0. The van der Waals surface area contributed by atoms with Crippen molar-refractivity contribution >= 4 is 5.91 Å². The lowest BCUT2D eigenvalue weighted by molar-refractivity contribution is -0.122. The molecule has 1 aliphatic heterocycles. The summed E-state index contributed by atoms with van der Waals surface area (Å²) in [6.07, 6.45) is 1.73. The van der Waals surface area contributed by atoms with Gasteiger partial charge < -0.3 is 11.0 Å². The normalized spacial score (nSPS) is 22.9. The first kappa shape index (κ1) is 5.23. The summed E-state index contributed by atoms with van der Waals surface area (Å²) >= 11 is 0. The summed E-state index contributed by atoms with van der Waals surface area (Å²) in [5.41, 5.74) is 1.92. The molecule has 0 atom stereocenters. The lowest BCUT2D eigenvalue weighted by Crippen LogP contribution is -2.34. The Morgan fingerprint density at radius 2 is 2.33 bits per heavy atom. The van der Waals surface area contributed by atoms with Gasteiger partial charge in [0.25, 0.3) is 0 Å². The van der Waals surface area contributed by atoms with Crippen molar-refractivity contribution < 1.29 is 6.21 Å². The second-order valence-corrected chi connectivity index (χ2v) is 2.39. The van der Waals surface area contributed by atoms with Crippen LogP contribution < -0.4 is 11.0 Å². The average Bonchev–Trinajstić information content (AvgIpc) is 2.05. The molecule has 9 heavy (non-hydrogen) atoms. The molecule has 0 spiro atoms. The van der Waals surface area contributed by atoms with Crippen LogP contribution in [0.25, 0.3) is 0 Å². The third-order valence-corrected chi connectivity index (χ3v) is 1.71. The zero-order chi connectivity index (χ0) is 7.40. The highest BCUT2D eigenvalue weighted by molar-refractivity contribution is 5.76. The first-order chi connectivity index (χ1) is 4.84. The third-order valence-electron chi connectivity index (χ3n) is 1.71. The number of carbonyl (C=O) groups excluding carboxylic acids is 1. The Hall–Kier alpha value is -0.570. The van der Waals surface area contributed by atoms with E-state index in [2.05, 4.69) is 5.32 Å². The van der Waals surface area contributed by atoms with Crippen molar-refractivity contribution in [3.8, 4) is 0 Å². The molecule has 52 valence electrons. The molecule has 1 fully saturated rings. The van der Waals surface area contributed by atoms with E-state index in [1.807, 2.05) is 5.73 Å². The Morgan fingerprint density at radius 3 is 2.89 bits per heavy atom. The summed E-state index contributed by atoms with van der Waals surface area (Å²) in [6.45, 7) is 1.80. The first-order valence-electron chi connectivity index (χ1n) is 3.77.